The summed E-state index contributed by atoms with van der Waals surface area (Å²) in [5, 5.41) is 2.49. The minimum Gasteiger partial charge on any atom is -0.458 e. The molecule has 0 radical (unpaired) electrons. The maximum Gasteiger partial charge on any atom is 0.358 e. The molecule has 5 nitrogen and oxygen atoms in total. The molecule has 100 valence electrons. The fourth-order valence-electron chi connectivity index (χ4n) is 1.91. The molecule has 6 heteroatoms. The van der Waals surface area contributed by atoms with Crippen molar-refractivity contribution in [3.05, 3.63) is 16.1 Å². The molecule has 1 fully saturated rings. The number of hydrogen-bond donors (Lipinski definition) is 1. The van der Waals surface area contributed by atoms with E-state index >= 15 is 0 Å². The van der Waals surface area contributed by atoms with Crippen molar-refractivity contribution in [2.75, 3.05) is 20.1 Å². The van der Waals surface area contributed by atoms with Crippen molar-refractivity contribution in [2.45, 2.75) is 31.9 Å². The summed E-state index contributed by atoms with van der Waals surface area (Å²) in [5.74, 6) is -0.326. The fourth-order valence-corrected chi connectivity index (χ4v) is 2.65. The molecule has 0 aromatic carbocycles. The highest BCUT2D eigenvalue weighted by molar-refractivity contribution is 7.09. The van der Waals surface area contributed by atoms with Crippen LogP contribution < -0.4 is 5.73 Å². The lowest BCUT2D eigenvalue weighted by Gasteiger charge is -2.28. The van der Waals surface area contributed by atoms with Gasteiger partial charge in [0, 0.05) is 18.5 Å². The Morgan fingerprint density at radius 3 is 2.83 bits per heavy atom. The van der Waals surface area contributed by atoms with Gasteiger partial charge in [-0.1, -0.05) is 0 Å². The summed E-state index contributed by atoms with van der Waals surface area (Å²) in [5.41, 5.74) is 6.10. The predicted octanol–water partition coefficient (Wildman–Crippen LogP) is 1.41. The van der Waals surface area contributed by atoms with Gasteiger partial charge in [-0.15, -0.1) is 11.3 Å². The Labute approximate surface area is 111 Å². The standard InChI is InChI=1S/C12H19N3O2S/c1-8(13)11-14-10(7-18-11)12(16)17-9-3-5-15(2)6-4-9/h7-9H,3-6,13H2,1-2H3. The number of esters is 1. The predicted molar refractivity (Wildman–Crippen MR) is 70.7 cm³/mol. The number of aromatic nitrogens is 1. The van der Waals surface area contributed by atoms with Gasteiger partial charge in [-0.05, 0) is 26.8 Å². The van der Waals surface area contributed by atoms with Gasteiger partial charge in [-0.2, -0.15) is 0 Å². The van der Waals surface area contributed by atoms with E-state index in [0.29, 0.717) is 5.69 Å². The maximum absolute atomic E-state index is 11.9. The van der Waals surface area contributed by atoms with Crippen molar-refractivity contribution in [1.29, 1.82) is 0 Å². The summed E-state index contributed by atoms with van der Waals surface area (Å²) in [7, 11) is 2.08. The minimum absolute atomic E-state index is 0.0224. The normalized spacial score (nSPS) is 19.7. The van der Waals surface area contributed by atoms with Gasteiger partial charge in [0.15, 0.2) is 5.69 Å². The Balaban J connectivity index is 1.91. The van der Waals surface area contributed by atoms with Gasteiger partial charge in [0.1, 0.15) is 11.1 Å². The molecule has 1 atom stereocenters. The molecular weight excluding hydrogens is 250 g/mol. The average molecular weight is 269 g/mol. The Morgan fingerprint density at radius 1 is 1.61 bits per heavy atom. The van der Waals surface area contributed by atoms with Gasteiger partial charge in [-0.3, -0.25) is 0 Å². The van der Waals surface area contributed by atoms with Crippen LogP contribution in [0.3, 0.4) is 0 Å². The monoisotopic (exact) mass is 269 g/mol. The summed E-state index contributed by atoms with van der Waals surface area (Å²) in [6, 6.07) is -0.139. The number of nitrogens with zero attached hydrogens (tertiary/aromatic N) is 2. The van der Waals surface area contributed by atoms with Crippen molar-refractivity contribution in [3.8, 4) is 0 Å². The number of hydrogen-bond acceptors (Lipinski definition) is 6. The molecule has 2 heterocycles. The fraction of sp³-hybridized carbons (Fsp3) is 0.667. The van der Waals surface area contributed by atoms with Crippen LogP contribution in [0.1, 0.15) is 41.3 Å². The smallest absolute Gasteiger partial charge is 0.358 e. The number of rotatable bonds is 3. The van der Waals surface area contributed by atoms with Gasteiger partial charge in [0.25, 0.3) is 0 Å². The van der Waals surface area contributed by atoms with E-state index in [1.165, 1.54) is 11.3 Å². The highest BCUT2D eigenvalue weighted by Gasteiger charge is 2.22. The number of carbonyl (C=O) groups is 1. The summed E-state index contributed by atoms with van der Waals surface area (Å²) >= 11 is 1.40. The van der Waals surface area contributed by atoms with Crippen LogP contribution >= 0.6 is 11.3 Å². The Bertz CT molecular complexity index is 411. The number of thiazole rings is 1. The average Bonchev–Trinajstić information content (AvgIpc) is 2.81. The number of nitrogens with two attached hydrogens (primary N) is 1. The lowest BCUT2D eigenvalue weighted by atomic mass is 10.1. The first-order valence-electron chi connectivity index (χ1n) is 6.17. The third kappa shape index (κ3) is 3.28. The van der Waals surface area contributed by atoms with Crippen LogP contribution in [0, 0.1) is 0 Å². The van der Waals surface area contributed by atoms with E-state index in [0.717, 1.165) is 30.9 Å². The number of likely N-dealkylation sites (tertiary alicyclic amines) is 1. The number of carbonyl (C=O) groups excluding carboxylic acids is 1. The van der Waals surface area contributed by atoms with E-state index in [4.69, 9.17) is 10.5 Å². The van der Waals surface area contributed by atoms with Crippen molar-refractivity contribution in [2.24, 2.45) is 5.73 Å². The van der Waals surface area contributed by atoms with Crippen LogP contribution in [-0.2, 0) is 4.74 Å². The molecule has 0 saturated carbocycles. The zero-order valence-corrected chi connectivity index (χ0v) is 11.6. The second-order valence-corrected chi connectivity index (χ2v) is 5.66. The largest absolute Gasteiger partial charge is 0.458 e. The van der Waals surface area contributed by atoms with E-state index in [1.54, 1.807) is 5.38 Å². The summed E-state index contributed by atoms with van der Waals surface area (Å²) in [4.78, 5) is 18.3. The van der Waals surface area contributed by atoms with Crippen molar-refractivity contribution >= 4 is 17.3 Å². The second kappa shape index (κ2) is 5.77. The molecule has 2 N–H and O–H groups in total. The van der Waals surface area contributed by atoms with E-state index in [-0.39, 0.29) is 18.1 Å². The van der Waals surface area contributed by atoms with Crippen molar-refractivity contribution < 1.29 is 9.53 Å². The molecule has 1 aliphatic heterocycles. The van der Waals surface area contributed by atoms with Gasteiger partial charge in [-0.25, -0.2) is 9.78 Å². The van der Waals surface area contributed by atoms with Crippen LogP contribution in [0.25, 0.3) is 0 Å². The highest BCUT2D eigenvalue weighted by Crippen LogP contribution is 2.18. The summed E-state index contributed by atoms with van der Waals surface area (Å²) < 4.78 is 5.46. The summed E-state index contributed by atoms with van der Waals surface area (Å²) in [6.45, 7) is 3.80. The van der Waals surface area contributed by atoms with Gasteiger partial charge in [0.2, 0.25) is 0 Å². The molecule has 0 spiro atoms. The molecule has 0 bridgehead atoms. The lowest BCUT2D eigenvalue weighted by molar-refractivity contribution is 0.0134. The van der Waals surface area contributed by atoms with Gasteiger partial charge >= 0.3 is 5.97 Å². The first-order valence-corrected chi connectivity index (χ1v) is 7.04. The number of piperidine rings is 1. The molecule has 1 aliphatic rings. The van der Waals surface area contributed by atoms with Crippen LogP contribution in [0.5, 0.6) is 0 Å². The molecule has 2 rings (SSSR count). The van der Waals surface area contributed by atoms with E-state index in [9.17, 15) is 4.79 Å². The quantitative estimate of drug-likeness (QED) is 0.840. The van der Waals surface area contributed by atoms with Crippen LogP contribution in [-0.4, -0.2) is 42.1 Å². The van der Waals surface area contributed by atoms with Gasteiger partial charge < -0.3 is 15.4 Å². The maximum atomic E-state index is 11.9. The lowest BCUT2D eigenvalue weighted by Crippen LogP contribution is -2.35. The Hall–Kier alpha value is -0.980. The van der Waals surface area contributed by atoms with Gasteiger partial charge in [0.05, 0.1) is 6.04 Å². The minimum atomic E-state index is -0.326. The van der Waals surface area contributed by atoms with Crippen LogP contribution in [0.15, 0.2) is 5.38 Å². The molecule has 1 aromatic rings. The Morgan fingerprint density at radius 2 is 2.28 bits per heavy atom. The first-order chi connectivity index (χ1) is 8.56. The second-order valence-electron chi connectivity index (χ2n) is 4.77. The van der Waals surface area contributed by atoms with Crippen LogP contribution in [0.4, 0.5) is 0 Å². The third-order valence-electron chi connectivity index (χ3n) is 3.06. The highest BCUT2D eigenvalue weighted by atomic mass is 32.1. The van der Waals surface area contributed by atoms with E-state index in [2.05, 4.69) is 16.9 Å². The van der Waals surface area contributed by atoms with E-state index in [1.807, 2.05) is 6.92 Å². The third-order valence-corrected chi connectivity index (χ3v) is 4.11. The molecule has 0 amide bonds. The molecule has 1 saturated heterocycles. The zero-order valence-electron chi connectivity index (χ0n) is 10.8. The zero-order chi connectivity index (χ0) is 13.1. The molecule has 0 aliphatic carbocycles. The number of ether oxygens (including phenoxy) is 1. The first kappa shape index (κ1) is 13.5. The SMILES string of the molecule is CC(N)c1nc(C(=O)OC2CCN(C)CC2)cs1. The molecule has 18 heavy (non-hydrogen) atoms. The Kier molecular flexibility index (Phi) is 4.31. The summed E-state index contributed by atoms with van der Waals surface area (Å²) in [6.07, 6.45) is 1.81. The molecular formula is C12H19N3O2S. The molecule has 1 unspecified atom stereocenters. The van der Waals surface area contributed by atoms with Crippen molar-refractivity contribution in [1.82, 2.24) is 9.88 Å². The van der Waals surface area contributed by atoms with E-state index < -0.39 is 0 Å². The van der Waals surface area contributed by atoms with Crippen molar-refractivity contribution in [3.63, 3.8) is 0 Å². The molecule has 1 aromatic heterocycles. The topological polar surface area (TPSA) is 68.4 Å². The van der Waals surface area contributed by atoms with Crippen LogP contribution in [0.2, 0.25) is 0 Å².